The molecule has 29 heavy (non-hydrogen) atoms. The SMILES string of the molecule is O=C(NC[C@@H](c1cccs1)N1CCCC1)c1ccc2c(=O)n3c(nc2c1)CCC3. The molecule has 1 amide bonds. The summed E-state index contributed by atoms with van der Waals surface area (Å²) in [5.41, 5.74) is 1.17. The Morgan fingerprint density at radius 2 is 2.03 bits per heavy atom. The molecule has 3 aromatic rings. The number of rotatable bonds is 5. The Balaban J connectivity index is 1.37. The average Bonchev–Trinajstić information content (AvgIpc) is 3.50. The fourth-order valence-electron chi connectivity index (χ4n) is 4.46. The molecule has 1 atom stereocenters. The van der Waals surface area contributed by atoms with Gasteiger partial charge in [0.05, 0.1) is 16.9 Å². The lowest BCUT2D eigenvalue weighted by atomic mass is 10.1. The van der Waals surface area contributed by atoms with E-state index in [0.29, 0.717) is 23.0 Å². The van der Waals surface area contributed by atoms with Gasteiger partial charge in [0.25, 0.3) is 11.5 Å². The molecule has 1 N–H and O–H groups in total. The van der Waals surface area contributed by atoms with E-state index < -0.39 is 0 Å². The number of likely N-dealkylation sites (tertiary alicyclic amines) is 1. The molecule has 0 radical (unpaired) electrons. The highest BCUT2D eigenvalue weighted by molar-refractivity contribution is 7.10. The van der Waals surface area contributed by atoms with E-state index in [2.05, 4.69) is 32.7 Å². The van der Waals surface area contributed by atoms with Gasteiger partial charge in [0, 0.05) is 30.0 Å². The lowest BCUT2D eigenvalue weighted by Gasteiger charge is -2.27. The van der Waals surface area contributed by atoms with Gasteiger partial charge < -0.3 is 5.32 Å². The highest BCUT2D eigenvalue weighted by atomic mass is 32.1. The minimum absolute atomic E-state index is 0.00116. The molecule has 6 nitrogen and oxygen atoms in total. The molecule has 7 heteroatoms. The Labute approximate surface area is 173 Å². The van der Waals surface area contributed by atoms with E-state index in [-0.39, 0.29) is 17.5 Å². The van der Waals surface area contributed by atoms with Crippen LogP contribution in [0.2, 0.25) is 0 Å². The zero-order chi connectivity index (χ0) is 19.8. The van der Waals surface area contributed by atoms with E-state index >= 15 is 0 Å². The molecule has 1 aromatic carbocycles. The van der Waals surface area contributed by atoms with Crippen LogP contribution in [-0.4, -0.2) is 40.0 Å². The first kappa shape index (κ1) is 18.5. The molecule has 150 valence electrons. The number of carbonyl (C=O) groups is 1. The average molecular weight is 409 g/mol. The highest BCUT2D eigenvalue weighted by Crippen LogP contribution is 2.28. The third kappa shape index (κ3) is 3.49. The second-order valence-electron chi connectivity index (χ2n) is 7.80. The fourth-order valence-corrected chi connectivity index (χ4v) is 5.32. The van der Waals surface area contributed by atoms with Crippen molar-refractivity contribution in [2.75, 3.05) is 19.6 Å². The summed E-state index contributed by atoms with van der Waals surface area (Å²) in [6.45, 7) is 3.47. The molecule has 0 bridgehead atoms. The minimum Gasteiger partial charge on any atom is -0.350 e. The number of hydrogen-bond donors (Lipinski definition) is 1. The first-order valence-electron chi connectivity index (χ1n) is 10.3. The van der Waals surface area contributed by atoms with Gasteiger partial charge in [0.15, 0.2) is 0 Å². The van der Waals surface area contributed by atoms with Crippen molar-refractivity contribution < 1.29 is 4.79 Å². The van der Waals surface area contributed by atoms with Crippen molar-refractivity contribution in [3.63, 3.8) is 0 Å². The zero-order valence-corrected chi connectivity index (χ0v) is 17.1. The molecule has 2 aliphatic heterocycles. The summed E-state index contributed by atoms with van der Waals surface area (Å²) in [6, 6.07) is 9.65. The van der Waals surface area contributed by atoms with Crippen LogP contribution >= 0.6 is 11.3 Å². The van der Waals surface area contributed by atoms with Crippen molar-refractivity contribution in [1.82, 2.24) is 19.8 Å². The lowest BCUT2D eigenvalue weighted by molar-refractivity contribution is 0.0938. The van der Waals surface area contributed by atoms with E-state index in [9.17, 15) is 9.59 Å². The van der Waals surface area contributed by atoms with Crippen LogP contribution in [0.4, 0.5) is 0 Å². The number of thiophene rings is 1. The Bertz CT molecular complexity index is 1100. The molecular weight excluding hydrogens is 384 g/mol. The van der Waals surface area contributed by atoms with Crippen molar-refractivity contribution >= 4 is 28.1 Å². The van der Waals surface area contributed by atoms with Gasteiger partial charge in [-0.25, -0.2) is 4.98 Å². The maximum absolute atomic E-state index is 12.9. The number of fused-ring (bicyclic) bond motifs is 2. The summed E-state index contributed by atoms with van der Waals surface area (Å²) in [5.74, 6) is 0.710. The number of benzene rings is 1. The van der Waals surface area contributed by atoms with Gasteiger partial charge in [-0.05, 0) is 62.0 Å². The monoisotopic (exact) mass is 408 g/mol. The van der Waals surface area contributed by atoms with E-state index in [0.717, 1.165) is 38.3 Å². The predicted octanol–water partition coefficient (Wildman–Crippen LogP) is 2.97. The number of hydrogen-bond acceptors (Lipinski definition) is 5. The van der Waals surface area contributed by atoms with E-state index in [1.54, 1.807) is 34.1 Å². The van der Waals surface area contributed by atoms with Crippen LogP contribution in [0.25, 0.3) is 10.9 Å². The van der Waals surface area contributed by atoms with Crippen molar-refractivity contribution in [3.8, 4) is 0 Å². The van der Waals surface area contributed by atoms with Crippen LogP contribution in [0.3, 0.4) is 0 Å². The Morgan fingerprint density at radius 1 is 1.17 bits per heavy atom. The Hall–Kier alpha value is -2.51. The van der Waals surface area contributed by atoms with Gasteiger partial charge >= 0.3 is 0 Å². The fraction of sp³-hybridized carbons (Fsp3) is 0.409. The summed E-state index contributed by atoms with van der Waals surface area (Å²) in [5, 5.41) is 5.78. The number of aryl methyl sites for hydroxylation is 1. The number of carbonyl (C=O) groups excluding carboxylic acids is 1. The number of amides is 1. The number of nitrogens with zero attached hydrogens (tertiary/aromatic N) is 3. The maximum atomic E-state index is 12.9. The first-order chi connectivity index (χ1) is 14.2. The van der Waals surface area contributed by atoms with Crippen molar-refractivity contribution in [1.29, 1.82) is 0 Å². The van der Waals surface area contributed by atoms with Crippen LogP contribution < -0.4 is 10.9 Å². The molecule has 0 spiro atoms. The van der Waals surface area contributed by atoms with Crippen LogP contribution in [0, 0.1) is 0 Å². The molecule has 0 unspecified atom stereocenters. The van der Waals surface area contributed by atoms with Crippen LogP contribution in [0.5, 0.6) is 0 Å². The zero-order valence-electron chi connectivity index (χ0n) is 16.3. The normalized spacial score (nSPS) is 17.5. The third-order valence-corrected chi connectivity index (χ3v) is 6.96. The van der Waals surface area contributed by atoms with Gasteiger partial charge in [-0.2, -0.15) is 0 Å². The lowest BCUT2D eigenvalue weighted by Crippen LogP contribution is -2.36. The summed E-state index contributed by atoms with van der Waals surface area (Å²) in [6.07, 6.45) is 4.20. The molecule has 1 saturated heterocycles. The van der Waals surface area contributed by atoms with Crippen LogP contribution in [0.15, 0.2) is 40.5 Å². The molecule has 0 aliphatic carbocycles. The van der Waals surface area contributed by atoms with Gasteiger partial charge in [-0.1, -0.05) is 6.07 Å². The van der Waals surface area contributed by atoms with E-state index in [1.807, 2.05) is 0 Å². The topological polar surface area (TPSA) is 67.2 Å². The summed E-state index contributed by atoms with van der Waals surface area (Å²) >= 11 is 1.74. The Morgan fingerprint density at radius 3 is 2.83 bits per heavy atom. The van der Waals surface area contributed by atoms with Gasteiger partial charge in [0.2, 0.25) is 0 Å². The van der Waals surface area contributed by atoms with Gasteiger partial charge in [-0.15, -0.1) is 11.3 Å². The standard InChI is InChI=1S/C22H24N4O2S/c27-21(23-14-18(19-5-4-12-29-19)25-9-1-2-10-25)15-7-8-16-17(13-15)24-20-6-3-11-26(20)22(16)28/h4-5,7-8,12-13,18H,1-3,6,9-11,14H2,(H,23,27)/t18-/m0/s1. The van der Waals surface area contributed by atoms with Crippen molar-refractivity contribution in [2.45, 2.75) is 38.3 Å². The molecule has 2 aromatic heterocycles. The second-order valence-corrected chi connectivity index (χ2v) is 8.78. The van der Waals surface area contributed by atoms with Gasteiger partial charge in [-0.3, -0.25) is 19.1 Å². The van der Waals surface area contributed by atoms with Gasteiger partial charge in [0.1, 0.15) is 5.82 Å². The molecule has 0 saturated carbocycles. The van der Waals surface area contributed by atoms with Crippen molar-refractivity contribution in [2.24, 2.45) is 0 Å². The summed E-state index contributed by atoms with van der Waals surface area (Å²) in [7, 11) is 0. The summed E-state index contributed by atoms with van der Waals surface area (Å²) in [4.78, 5) is 33.9. The maximum Gasteiger partial charge on any atom is 0.261 e. The Kier molecular flexibility index (Phi) is 4.93. The third-order valence-electron chi connectivity index (χ3n) is 5.99. The smallest absolute Gasteiger partial charge is 0.261 e. The minimum atomic E-state index is -0.116. The molecule has 1 fully saturated rings. The van der Waals surface area contributed by atoms with Crippen LogP contribution in [-0.2, 0) is 13.0 Å². The first-order valence-corrected chi connectivity index (χ1v) is 11.2. The number of nitrogens with one attached hydrogen (secondary N) is 1. The second kappa shape index (κ2) is 7.72. The highest BCUT2D eigenvalue weighted by Gasteiger charge is 2.25. The molecule has 5 rings (SSSR count). The quantitative estimate of drug-likeness (QED) is 0.705. The summed E-state index contributed by atoms with van der Waals surface area (Å²) < 4.78 is 1.75. The van der Waals surface area contributed by atoms with E-state index in [4.69, 9.17) is 0 Å². The van der Waals surface area contributed by atoms with Crippen molar-refractivity contribution in [3.05, 3.63) is 62.3 Å². The molecular formula is C22H24N4O2S. The number of aromatic nitrogens is 2. The molecule has 2 aliphatic rings. The van der Waals surface area contributed by atoms with E-state index in [1.165, 1.54) is 17.7 Å². The largest absolute Gasteiger partial charge is 0.350 e. The van der Waals surface area contributed by atoms with Crippen LogP contribution in [0.1, 0.15) is 46.4 Å². The predicted molar refractivity (Wildman–Crippen MR) is 115 cm³/mol. The molecule has 4 heterocycles.